The minimum absolute atomic E-state index is 0.330. The van der Waals surface area contributed by atoms with Crippen molar-refractivity contribution in [2.75, 3.05) is 0 Å². The van der Waals surface area contributed by atoms with Gasteiger partial charge in [-0.15, -0.1) is 0 Å². The first-order valence-corrected chi connectivity index (χ1v) is 5.69. The van der Waals surface area contributed by atoms with Gasteiger partial charge >= 0.3 is 5.69 Å². The molecule has 0 saturated carbocycles. The van der Waals surface area contributed by atoms with E-state index in [2.05, 4.69) is 4.98 Å². The zero-order valence-electron chi connectivity index (χ0n) is 10.1. The standard InChI is InChI=1S/C14H14N2O2/c1-11-10-16(14(18)15-13(11)17)9-5-8-12-6-3-2-4-7-12/h2-8,10H,9H2,1H3,(H,15,17,18)/b8-5+. The van der Waals surface area contributed by atoms with Gasteiger partial charge in [0.25, 0.3) is 5.56 Å². The van der Waals surface area contributed by atoms with Gasteiger partial charge in [0, 0.05) is 18.3 Å². The summed E-state index contributed by atoms with van der Waals surface area (Å²) < 4.78 is 1.47. The highest BCUT2D eigenvalue weighted by Crippen LogP contribution is 2.00. The Labute approximate surface area is 104 Å². The molecule has 1 heterocycles. The maximum atomic E-state index is 11.5. The van der Waals surface area contributed by atoms with Crippen LogP contribution in [0.1, 0.15) is 11.1 Å². The van der Waals surface area contributed by atoms with Gasteiger partial charge in [0.2, 0.25) is 0 Å². The number of aromatic amines is 1. The van der Waals surface area contributed by atoms with E-state index in [1.165, 1.54) is 4.57 Å². The van der Waals surface area contributed by atoms with Crippen molar-refractivity contribution in [2.24, 2.45) is 0 Å². The molecule has 18 heavy (non-hydrogen) atoms. The second-order valence-corrected chi connectivity index (χ2v) is 4.04. The molecule has 0 amide bonds. The van der Waals surface area contributed by atoms with E-state index in [0.29, 0.717) is 12.1 Å². The maximum Gasteiger partial charge on any atom is 0.328 e. The Morgan fingerprint density at radius 2 is 1.94 bits per heavy atom. The molecule has 0 bridgehead atoms. The van der Waals surface area contributed by atoms with Gasteiger partial charge < -0.3 is 0 Å². The van der Waals surface area contributed by atoms with Crippen LogP contribution in [0.25, 0.3) is 6.08 Å². The molecule has 0 aliphatic carbocycles. The molecular weight excluding hydrogens is 228 g/mol. The van der Waals surface area contributed by atoms with E-state index in [4.69, 9.17) is 0 Å². The molecule has 2 aromatic rings. The maximum absolute atomic E-state index is 11.5. The van der Waals surface area contributed by atoms with E-state index in [0.717, 1.165) is 5.56 Å². The molecule has 0 radical (unpaired) electrons. The number of benzene rings is 1. The number of nitrogens with one attached hydrogen (secondary N) is 1. The molecule has 92 valence electrons. The number of rotatable bonds is 3. The van der Waals surface area contributed by atoms with Gasteiger partial charge in [0.1, 0.15) is 0 Å². The van der Waals surface area contributed by atoms with Crippen LogP contribution in [0.15, 0.2) is 52.2 Å². The number of aryl methyl sites for hydroxylation is 1. The summed E-state index contributed by atoms with van der Waals surface area (Å²) in [6, 6.07) is 9.83. The molecule has 0 spiro atoms. The smallest absolute Gasteiger partial charge is 0.297 e. The van der Waals surface area contributed by atoms with Gasteiger partial charge in [0.05, 0.1) is 0 Å². The fourth-order valence-corrected chi connectivity index (χ4v) is 1.62. The highest BCUT2D eigenvalue weighted by Gasteiger charge is 1.98. The predicted molar refractivity (Wildman–Crippen MR) is 71.5 cm³/mol. The lowest BCUT2D eigenvalue weighted by Crippen LogP contribution is -2.30. The van der Waals surface area contributed by atoms with Crippen molar-refractivity contribution < 1.29 is 0 Å². The Hall–Kier alpha value is -2.36. The molecule has 1 aromatic carbocycles. The normalized spacial score (nSPS) is 10.9. The summed E-state index contributed by atoms with van der Waals surface area (Å²) in [4.78, 5) is 25.0. The molecule has 1 aromatic heterocycles. The van der Waals surface area contributed by atoms with Gasteiger partial charge in [0.15, 0.2) is 0 Å². The van der Waals surface area contributed by atoms with Gasteiger partial charge in [-0.2, -0.15) is 0 Å². The van der Waals surface area contributed by atoms with Gasteiger partial charge in [-0.05, 0) is 12.5 Å². The minimum Gasteiger partial charge on any atom is -0.297 e. The zero-order chi connectivity index (χ0) is 13.0. The van der Waals surface area contributed by atoms with Crippen LogP contribution in [-0.2, 0) is 6.54 Å². The van der Waals surface area contributed by atoms with Gasteiger partial charge in [-0.1, -0.05) is 42.5 Å². The number of aromatic nitrogens is 2. The fraction of sp³-hybridized carbons (Fsp3) is 0.143. The predicted octanol–water partition coefficient (Wildman–Crippen LogP) is 1.56. The molecule has 0 atom stereocenters. The van der Waals surface area contributed by atoms with Crippen molar-refractivity contribution in [2.45, 2.75) is 13.5 Å². The summed E-state index contributed by atoms with van der Waals surface area (Å²) in [5.41, 5.74) is 0.890. The first-order valence-electron chi connectivity index (χ1n) is 5.69. The molecule has 4 heteroatoms. The van der Waals surface area contributed by atoms with Crippen LogP contribution < -0.4 is 11.2 Å². The number of nitrogens with zero attached hydrogens (tertiary/aromatic N) is 1. The van der Waals surface area contributed by atoms with Gasteiger partial charge in [-0.3, -0.25) is 14.3 Å². The molecule has 0 aliphatic rings. The monoisotopic (exact) mass is 242 g/mol. The lowest BCUT2D eigenvalue weighted by atomic mass is 10.2. The summed E-state index contributed by atoms with van der Waals surface area (Å²) in [6.07, 6.45) is 5.39. The van der Waals surface area contributed by atoms with Crippen LogP contribution in [0.4, 0.5) is 0 Å². The first kappa shape index (κ1) is 12.1. The zero-order valence-corrected chi connectivity index (χ0v) is 10.1. The van der Waals surface area contributed by atoms with Crippen molar-refractivity contribution in [3.05, 3.63) is 74.6 Å². The summed E-state index contributed by atoms with van der Waals surface area (Å²) in [5, 5.41) is 0. The third-order valence-corrected chi connectivity index (χ3v) is 2.60. The summed E-state index contributed by atoms with van der Waals surface area (Å²) in [5.74, 6) is 0. The third kappa shape index (κ3) is 2.85. The Morgan fingerprint density at radius 3 is 2.67 bits per heavy atom. The molecule has 0 saturated heterocycles. The second kappa shape index (κ2) is 5.31. The van der Waals surface area contributed by atoms with Crippen LogP contribution >= 0.6 is 0 Å². The van der Waals surface area contributed by atoms with Crippen LogP contribution in [0.5, 0.6) is 0 Å². The van der Waals surface area contributed by atoms with Crippen LogP contribution in [0.3, 0.4) is 0 Å². The topological polar surface area (TPSA) is 54.9 Å². The molecule has 2 rings (SSSR count). The highest BCUT2D eigenvalue weighted by atomic mass is 16.2. The average Bonchev–Trinajstić information content (AvgIpc) is 2.37. The van der Waals surface area contributed by atoms with Crippen LogP contribution in [-0.4, -0.2) is 9.55 Å². The fourth-order valence-electron chi connectivity index (χ4n) is 1.62. The van der Waals surface area contributed by atoms with E-state index < -0.39 is 0 Å². The van der Waals surface area contributed by atoms with Gasteiger partial charge in [-0.25, -0.2) is 4.79 Å². The van der Waals surface area contributed by atoms with Crippen molar-refractivity contribution in [1.29, 1.82) is 0 Å². The van der Waals surface area contributed by atoms with E-state index in [1.54, 1.807) is 13.1 Å². The quantitative estimate of drug-likeness (QED) is 0.888. The summed E-state index contributed by atoms with van der Waals surface area (Å²) >= 11 is 0. The van der Waals surface area contributed by atoms with Crippen LogP contribution in [0, 0.1) is 6.92 Å². The SMILES string of the molecule is Cc1cn(C/C=C/c2ccccc2)c(=O)[nH]c1=O. The Morgan fingerprint density at radius 1 is 1.22 bits per heavy atom. The van der Waals surface area contributed by atoms with E-state index in [-0.39, 0.29) is 11.2 Å². The molecule has 4 nitrogen and oxygen atoms in total. The second-order valence-electron chi connectivity index (χ2n) is 4.04. The van der Waals surface area contributed by atoms with Crippen LogP contribution in [0.2, 0.25) is 0 Å². The number of H-pyrrole nitrogens is 1. The van der Waals surface area contributed by atoms with Crippen molar-refractivity contribution in [3.63, 3.8) is 0 Å². The lowest BCUT2D eigenvalue weighted by molar-refractivity contribution is 0.730. The molecule has 0 unspecified atom stereocenters. The summed E-state index contributed by atoms with van der Waals surface area (Å²) in [6.45, 7) is 2.11. The lowest BCUT2D eigenvalue weighted by Gasteiger charge is -2.01. The van der Waals surface area contributed by atoms with E-state index in [9.17, 15) is 9.59 Å². The Bertz CT molecular complexity index is 666. The first-order chi connectivity index (χ1) is 8.66. The Balaban J connectivity index is 2.16. The summed E-state index contributed by atoms with van der Waals surface area (Å²) in [7, 11) is 0. The molecule has 1 N–H and O–H groups in total. The largest absolute Gasteiger partial charge is 0.328 e. The van der Waals surface area contributed by atoms with E-state index >= 15 is 0 Å². The number of hydrogen-bond donors (Lipinski definition) is 1. The highest BCUT2D eigenvalue weighted by molar-refractivity contribution is 5.48. The molecular formula is C14H14N2O2. The number of hydrogen-bond acceptors (Lipinski definition) is 2. The van der Waals surface area contributed by atoms with Crippen molar-refractivity contribution in [1.82, 2.24) is 9.55 Å². The van der Waals surface area contributed by atoms with Crippen molar-refractivity contribution >= 4 is 6.08 Å². The molecule has 0 aliphatic heterocycles. The Kier molecular flexibility index (Phi) is 3.57. The van der Waals surface area contributed by atoms with E-state index in [1.807, 2.05) is 42.5 Å². The average molecular weight is 242 g/mol. The minimum atomic E-state index is -0.386. The van der Waals surface area contributed by atoms with Crippen molar-refractivity contribution in [3.8, 4) is 0 Å². The number of allylic oxidation sites excluding steroid dienone is 1. The third-order valence-electron chi connectivity index (χ3n) is 2.60. The molecule has 0 fully saturated rings.